The Hall–Kier alpha value is -0.235. The molecule has 2 unspecified atom stereocenters. The van der Waals surface area contributed by atoms with Crippen molar-refractivity contribution >= 4 is 25.7 Å². The van der Waals surface area contributed by atoms with Crippen LogP contribution in [-0.4, -0.2) is 52.3 Å². The predicted octanol–water partition coefficient (Wildman–Crippen LogP) is -1.75. The Morgan fingerprint density at radius 1 is 1.71 bits per heavy atom. The fraction of sp³-hybridized carbons (Fsp3) is 0.857. The van der Waals surface area contributed by atoms with E-state index >= 15 is 0 Å². The molecule has 5 nitrogen and oxygen atoms in total. The lowest BCUT2D eigenvalue weighted by molar-refractivity contribution is -0.132. The minimum Gasteiger partial charge on any atom is -0.426 e. The third kappa shape index (κ3) is 2.41. The van der Waals surface area contributed by atoms with E-state index in [0.717, 1.165) is 6.42 Å². The van der Waals surface area contributed by atoms with Gasteiger partial charge in [-0.05, 0) is 12.8 Å². The molecule has 0 saturated carbocycles. The number of amides is 1. The predicted molar refractivity (Wildman–Crippen MR) is 56.8 cm³/mol. The van der Waals surface area contributed by atoms with Gasteiger partial charge in [0.2, 0.25) is 5.91 Å². The van der Waals surface area contributed by atoms with Crippen molar-refractivity contribution in [2.75, 3.05) is 12.3 Å². The molecule has 0 aromatic rings. The van der Waals surface area contributed by atoms with Gasteiger partial charge in [-0.2, -0.15) is 12.6 Å². The molecule has 0 bridgehead atoms. The number of nitrogens with zero attached hydrogens (tertiary/aromatic N) is 1. The monoisotopic (exact) mass is 218 g/mol. The first-order valence-corrected chi connectivity index (χ1v) is 5.24. The first-order chi connectivity index (χ1) is 6.57. The molecule has 0 aromatic heterocycles. The van der Waals surface area contributed by atoms with E-state index in [1.807, 2.05) is 0 Å². The van der Waals surface area contributed by atoms with Crippen LogP contribution in [0.1, 0.15) is 12.8 Å². The third-order valence-corrected chi connectivity index (χ3v) is 2.83. The van der Waals surface area contributed by atoms with Gasteiger partial charge in [-0.15, -0.1) is 0 Å². The fourth-order valence-corrected chi connectivity index (χ4v) is 1.82. The lowest BCUT2D eigenvalue weighted by atomic mass is 9.78. The van der Waals surface area contributed by atoms with Gasteiger partial charge in [0.05, 0.1) is 12.0 Å². The molecule has 1 aliphatic rings. The largest absolute Gasteiger partial charge is 0.475 e. The highest BCUT2D eigenvalue weighted by molar-refractivity contribution is 7.80. The minimum absolute atomic E-state index is 0.254. The van der Waals surface area contributed by atoms with Crippen molar-refractivity contribution in [3.05, 3.63) is 0 Å². The molecule has 7 heteroatoms. The summed E-state index contributed by atoms with van der Waals surface area (Å²) in [6.45, 7) is 0.544. The number of likely N-dealkylation sites (tertiary alicyclic amines) is 1. The van der Waals surface area contributed by atoms with E-state index in [1.165, 1.54) is 4.90 Å². The zero-order valence-electron chi connectivity index (χ0n) is 7.83. The molecule has 2 atom stereocenters. The summed E-state index contributed by atoms with van der Waals surface area (Å²) in [6, 6.07) is -0.655. The van der Waals surface area contributed by atoms with E-state index in [9.17, 15) is 4.79 Å². The molecule has 1 amide bonds. The van der Waals surface area contributed by atoms with Gasteiger partial charge < -0.3 is 20.7 Å². The Morgan fingerprint density at radius 3 is 2.86 bits per heavy atom. The third-order valence-electron chi connectivity index (χ3n) is 2.44. The van der Waals surface area contributed by atoms with Gasteiger partial charge in [0.15, 0.2) is 0 Å². The number of hydrogen-bond acceptors (Lipinski definition) is 5. The smallest absolute Gasteiger partial charge is 0.426 e. The van der Waals surface area contributed by atoms with Gasteiger partial charge in [0, 0.05) is 12.3 Å². The molecular formula is C7H15BN2O3S. The standard InChI is InChI=1S/C7H15BN2O3S/c9-5(4-14)7(11)10-3-1-2-6(10)8(12)13/h5-6,12-14H,1-4,9H2. The second-order valence-electron chi connectivity index (χ2n) is 3.44. The van der Waals surface area contributed by atoms with Crippen molar-refractivity contribution in [1.29, 1.82) is 0 Å². The van der Waals surface area contributed by atoms with Gasteiger partial charge >= 0.3 is 7.12 Å². The van der Waals surface area contributed by atoms with E-state index in [2.05, 4.69) is 12.6 Å². The zero-order valence-corrected chi connectivity index (χ0v) is 8.73. The maximum atomic E-state index is 11.6. The summed E-state index contributed by atoms with van der Waals surface area (Å²) in [5, 5.41) is 18.1. The maximum Gasteiger partial charge on any atom is 0.475 e. The Kier molecular flexibility index (Phi) is 4.24. The second kappa shape index (κ2) is 5.02. The SMILES string of the molecule is NC(CS)C(=O)N1CCCC1B(O)O. The first-order valence-electron chi connectivity index (χ1n) is 4.61. The molecule has 1 heterocycles. The molecule has 1 rings (SSSR count). The van der Waals surface area contributed by atoms with Gasteiger partial charge in [0.25, 0.3) is 0 Å². The molecule has 0 radical (unpaired) electrons. The molecule has 0 aliphatic carbocycles. The van der Waals surface area contributed by atoms with E-state index in [0.29, 0.717) is 13.0 Å². The number of thiol groups is 1. The summed E-state index contributed by atoms with van der Waals surface area (Å²) in [4.78, 5) is 13.1. The van der Waals surface area contributed by atoms with Gasteiger partial charge in [-0.1, -0.05) is 0 Å². The number of hydrogen-bond donors (Lipinski definition) is 4. The highest BCUT2D eigenvalue weighted by Crippen LogP contribution is 2.18. The van der Waals surface area contributed by atoms with Crippen LogP contribution in [0, 0.1) is 0 Å². The van der Waals surface area contributed by atoms with Crippen LogP contribution in [0.2, 0.25) is 0 Å². The molecule has 14 heavy (non-hydrogen) atoms. The molecule has 0 aromatic carbocycles. The van der Waals surface area contributed by atoms with Crippen LogP contribution in [-0.2, 0) is 4.79 Å². The number of rotatable bonds is 3. The normalized spacial score (nSPS) is 23.7. The van der Waals surface area contributed by atoms with Crippen molar-refractivity contribution in [3.63, 3.8) is 0 Å². The molecule has 0 spiro atoms. The van der Waals surface area contributed by atoms with Crippen LogP contribution < -0.4 is 5.73 Å². The van der Waals surface area contributed by atoms with E-state index in [1.54, 1.807) is 0 Å². The quantitative estimate of drug-likeness (QED) is 0.334. The van der Waals surface area contributed by atoms with E-state index in [-0.39, 0.29) is 11.7 Å². The van der Waals surface area contributed by atoms with Crippen LogP contribution in [0.25, 0.3) is 0 Å². The minimum atomic E-state index is -1.48. The van der Waals surface area contributed by atoms with Crippen LogP contribution in [0.3, 0.4) is 0 Å². The number of carbonyl (C=O) groups excluding carboxylic acids is 1. The van der Waals surface area contributed by atoms with E-state index < -0.39 is 19.1 Å². The second-order valence-corrected chi connectivity index (χ2v) is 3.81. The van der Waals surface area contributed by atoms with Crippen molar-refractivity contribution in [2.24, 2.45) is 5.73 Å². The van der Waals surface area contributed by atoms with Gasteiger partial charge in [-0.3, -0.25) is 4.79 Å². The van der Waals surface area contributed by atoms with Crippen molar-refractivity contribution in [2.45, 2.75) is 24.8 Å². The maximum absolute atomic E-state index is 11.6. The lowest BCUT2D eigenvalue weighted by Crippen LogP contribution is -2.51. The van der Waals surface area contributed by atoms with Crippen LogP contribution in [0.15, 0.2) is 0 Å². The van der Waals surface area contributed by atoms with E-state index in [4.69, 9.17) is 15.8 Å². The topological polar surface area (TPSA) is 86.8 Å². The molecular weight excluding hydrogens is 203 g/mol. The summed E-state index contributed by atoms with van der Waals surface area (Å²) >= 11 is 3.93. The summed E-state index contributed by atoms with van der Waals surface area (Å²) < 4.78 is 0. The fourth-order valence-electron chi connectivity index (χ4n) is 1.67. The number of nitrogens with two attached hydrogens (primary N) is 1. The lowest BCUT2D eigenvalue weighted by Gasteiger charge is -2.26. The van der Waals surface area contributed by atoms with Gasteiger partial charge in [-0.25, -0.2) is 0 Å². The summed E-state index contributed by atoms with van der Waals surface area (Å²) in [7, 11) is -1.48. The molecule has 4 N–H and O–H groups in total. The molecule has 80 valence electrons. The van der Waals surface area contributed by atoms with Crippen LogP contribution >= 0.6 is 12.6 Å². The van der Waals surface area contributed by atoms with Crippen LogP contribution in [0.4, 0.5) is 0 Å². The van der Waals surface area contributed by atoms with Gasteiger partial charge in [0.1, 0.15) is 0 Å². The molecule has 1 saturated heterocycles. The van der Waals surface area contributed by atoms with Crippen molar-refractivity contribution in [1.82, 2.24) is 4.90 Å². The summed E-state index contributed by atoms with van der Waals surface area (Å²) in [5.41, 5.74) is 5.53. The summed E-state index contributed by atoms with van der Waals surface area (Å²) in [6.07, 6.45) is 1.40. The molecule has 1 fully saturated rings. The average molecular weight is 218 g/mol. The first kappa shape index (κ1) is 11.8. The highest BCUT2D eigenvalue weighted by atomic mass is 32.1. The Balaban J connectivity index is 2.62. The van der Waals surface area contributed by atoms with Crippen molar-refractivity contribution < 1.29 is 14.8 Å². The zero-order chi connectivity index (χ0) is 10.7. The average Bonchev–Trinajstić information content (AvgIpc) is 2.63. The molecule has 1 aliphatic heterocycles. The summed E-state index contributed by atoms with van der Waals surface area (Å²) in [5.74, 6) is -0.493. The Labute approximate surface area is 88.8 Å². The Morgan fingerprint density at radius 2 is 2.36 bits per heavy atom. The highest BCUT2D eigenvalue weighted by Gasteiger charge is 2.37. The number of carbonyl (C=O) groups is 1. The Bertz CT molecular complexity index is 217. The van der Waals surface area contributed by atoms with Crippen LogP contribution in [0.5, 0.6) is 0 Å². The van der Waals surface area contributed by atoms with Crippen molar-refractivity contribution in [3.8, 4) is 0 Å².